The first-order valence-electron chi connectivity index (χ1n) is 12.4. The van der Waals surface area contributed by atoms with Crippen LogP contribution in [-0.2, 0) is 0 Å². The molecule has 1 atom stereocenters. The van der Waals surface area contributed by atoms with Gasteiger partial charge in [-0.15, -0.1) is 0 Å². The quantitative estimate of drug-likeness (QED) is 0.205. The van der Waals surface area contributed by atoms with E-state index >= 15 is 0 Å². The molecule has 7 nitrogen and oxygen atoms in total. The molecule has 4 rings (SSSR count). The number of carbonyl (C=O) groups is 1. The Kier molecular flexibility index (Phi) is 8.32. The van der Waals surface area contributed by atoms with Crippen LogP contribution in [0.4, 0.5) is 0 Å². The predicted octanol–water partition coefficient (Wildman–Crippen LogP) is 6.09. The summed E-state index contributed by atoms with van der Waals surface area (Å²) in [5, 5.41) is 9.88. The first-order chi connectivity index (χ1) is 18.0. The van der Waals surface area contributed by atoms with Crippen molar-refractivity contribution in [3.8, 4) is 29.1 Å². The van der Waals surface area contributed by atoms with Crippen molar-refractivity contribution in [3.63, 3.8) is 0 Å². The van der Waals surface area contributed by atoms with Crippen LogP contribution < -0.4 is 24.7 Å². The lowest BCUT2D eigenvalue weighted by molar-refractivity contribution is 0.0730. The maximum absolute atomic E-state index is 12.9. The fraction of sp³-hybridized carbons (Fsp3) is 0.267. The number of ether oxygens (including phenoxy) is 4. The summed E-state index contributed by atoms with van der Waals surface area (Å²) in [5.74, 6) is 0.901. The average molecular weight is 499 g/mol. The third kappa shape index (κ3) is 5.87. The molecule has 190 valence electrons. The molecule has 7 heteroatoms. The highest BCUT2D eigenvalue weighted by atomic mass is 16.5. The Balaban J connectivity index is 1.61. The van der Waals surface area contributed by atoms with Gasteiger partial charge in [0, 0.05) is 11.6 Å². The number of nitrogens with zero attached hydrogens (tertiary/aromatic N) is 1. The molecule has 1 unspecified atom stereocenters. The van der Waals surface area contributed by atoms with Crippen LogP contribution in [0.15, 0.2) is 78.2 Å². The van der Waals surface area contributed by atoms with Crippen LogP contribution in [0.2, 0.25) is 0 Å². The molecular weight excluding hydrogens is 468 g/mol. The van der Waals surface area contributed by atoms with Crippen molar-refractivity contribution in [2.75, 3.05) is 13.2 Å². The highest BCUT2D eigenvalue weighted by molar-refractivity contribution is 5.94. The molecule has 1 aliphatic rings. The Bertz CT molecular complexity index is 1340. The topological polar surface area (TPSA) is 104 Å². The highest BCUT2D eigenvalue weighted by Gasteiger charge is 2.31. The molecule has 1 aliphatic heterocycles. The standard InChI is InChI=1S/C30H30N2O5/c1-3-5-8-16-35-21-11-9-10-20(17-21)28-23-15-14-22(18-27(23)37-29(32)25(28)19-31)36-30(33)24-12-6-7-13-26(24)34-4-2/h6-7,9-15,17-18,28H,3-5,8,16,32H2,1-2H3. The maximum Gasteiger partial charge on any atom is 0.347 e. The zero-order valence-electron chi connectivity index (χ0n) is 21.0. The molecule has 0 radical (unpaired) electrons. The second-order valence-electron chi connectivity index (χ2n) is 8.57. The van der Waals surface area contributed by atoms with Gasteiger partial charge in [-0.05, 0) is 49.2 Å². The fourth-order valence-electron chi connectivity index (χ4n) is 4.25. The molecular formula is C30H30N2O5. The summed E-state index contributed by atoms with van der Waals surface area (Å²) in [6, 6.07) is 21.8. The number of nitrogens with two attached hydrogens (primary N) is 1. The van der Waals surface area contributed by atoms with Crippen LogP contribution in [0.25, 0.3) is 0 Å². The van der Waals surface area contributed by atoms with Crippen LogP contribution in [0.3, 0.4) is 0 Å². The highest BCUT2D eigenvalue weighted by Crippen LogP contribution is 2.44. The molecule has 0 spiro atoms. The molecule has 0 bridgehead atoms. The summed E-state index contributed by atoms with van der Waals surface area (Å²) in [7, 11) is 0. The normalized spacial score (nSPS) is 14.2. The first kappa shape index (κ1) is 25.6. The second-order valence-corrected chi connectivity index (χ2v) is 8.57. The molecule has 3 aromatic rings. The Labute approximate surface area is 217 Å². The number of hydrogen-bond donors (Lipinski definition) is 1. The van der Waals surface area contributed by atoms with E-state index in [0.717, 1.165) is 36.1 Å². The van der Waals surface area contributed by atoms with Crippen molar-refractivity contribution in [2.24, 2.45) is 5.73 Å². The van der Waals surface area contributed by atoms with E-state index in [-0.39, 0.29) is 11.6 Å². The summed E-state index contributed by atoms with van der Waals surface area (Å²) < 4.78 is 22.9. The van der Waals surface area contributed by atoms with Gasteiger partial charge in [-0.3, -0.25) is 0 Å². The van der Waals surface area contributed by atoms with Crippen LogP contribution in [0.5, 0.6) is 23.0 Å². The Hall–Kier alpha value is -4.44. The third-order valence-electron chi connectivity index (χ3n) is 6.02. The molecule has 0 aromatic heterocycles. The number of nitriles is 1. The van der Waals surface area contributed by atoms with Crippen LogP contribution in [0.1, 0.15) is 60.5 Å². The van der Waals surface area contributed by atoms with E-state index < -0.39 is 11.9 Å². The van der Waals surface area contributed by atoms with E-state index in [1.807, 2.05) is 31.2 Å². The maximum atomic E-state index is 12.9. The van der Waals surface area contributed by atoms with Gasteiger partial charge in [0.2, 0.25) is 5.88 Å². The number of rotatable bonds is 10. The van der Waals surface area contributed by atoms with Crippen molar-refractivity contribution in [2.45, 2.75) is 39.0 Å². The lowest BCUT2D eigenvalue weighted by Gasteiger charge is -2.27. The fourth-order valence-corrected chi connectivity index (χ4v) is 4.25. The molecule has 0 amide bonds. The summed E-state index contributed by atoms with van der Waals surface area (Å²) in [6.07, 6.45) is 3.21. The SMILES string of the molecule is CCCCCOc1cccc(C2C(C#N)=C(N)Oc3cc(OC(=O)c4ccccc4OCC)ccc32)c1. The molecule has 2 N–H and O–H groups in total. The minimum Gasteiger partial charge on any atom is -0.494 e. The number of hydrogen-bond acceptors (Lipinski definition) is 7. The van der Waals surface area contributed by atoms with Crippen LogP contribution >= 0.6 is 0 Å². The minimum atomic E-state index is -0.550. The third-order valence-corrected chi connectivity index (χ3v) is 6.02. The Morgan fingerprint density at radius 1 is 1.00 bits per heavy atom. The number of unbranched alkanes of at least 4 members (excludes halogenated alkanes) is 2. The van der Waals surface area contributed by atoms with E-state index in [9.17, 15) is 10.1 Å². The molecule has 0 saturated carbocycles. The molecule has 37 heavy (non-hydrogen) atoms. The molecule has 0 aliphatic carbocycles. The van der Waals surface area contributed by atoms with Gasteiger partial charge < -0.3 is 24.7 Å². The second kappa shape index (κ2) is 12.0. The van der Waals surface area contributed by atoms with Crippen molar-refractivity contribution in [1.82, 2.24) is 0 Å². The number of para-hydroxylation sites is 1. The van der Waals surface area contributed by atoms with Crippen molar-refractivity contribution in [1.29, 1.82) is 5.26 Å². The summed E-state index contributed by atoms with van der Waals surface area (Å²) in [6.45, 7) is 5.05. The molecule has 0 saturated heterocycles. The van der Waals surface area contributed by atoms with Gasteiger partial charge in [-0.2, -0.15) is 5.26 Å². The lowest BCUT2D eigenvalue weighted by atomic mass is 9.83. The first-order valence-corrected chi connectivity index (χ1v) is 12.4. The summed E-state index contributed by atoms with van der Waals surface area (Å²) >= 11 is 0. The largest absolute Gasteiger partial charge is 0.494 e. The van der Waals surface area contributed by atoms with Gasteiger partial charge in [0.25, 0.3) is 0 Å². The number of allylic oxidation sites excluding steroid dienone is 1. The average Bonchev–Trinajstić information content (AvgIpc) is 2.91. The molecule has 0 fully saturated rings. The Morgan fingerprint density at radius 3 is 2.62 bits per heavy atom. The van der Waals surface area contributed by atoms with Crippen molar-refractivity contribution in [3.05, 3.63) is 94.9 Å². The number of benzene rings is 3. The van der Waals surface area contributed by atoms with E-state index in [0.29, 0.717) is 35.8 Å². The van der Waals surface area contributed by atoms with Gasteiger partial charge in [-0.25, -0.2) is 4.79 Å². The van der Waals surface area contributed by atoms with Gasteiger partial charge in [0.15, 0.2) is 0 Å². The molecule has 1 heterocycles. The molecule has 3 aromatic carbocycles. The smallest absolute Gasteiger partial charge is 0.347 e. The number of fused-ring (bicyclic) bond motifs is 1. The lowest BCUT2D eigenvalue weighted by Crippen LogP contribution is -2.21. The van der Waals surface area contributed by atoms with Crippen molar-refractivity contribution >= 4 is 5.97 Å². The van der Waals surface area contributed by atoms with Crippen LogP contribution in [-0.4, -0.2) is 19.2 Å². The summed E-state index contributed by atoms with van der Waals surface area (Å²) in [5.41, 5.74) is 8.39. The van der Waals surface area contributed by atoms with Crippen LogP contribution in [0, 0.1) is 11.3 Å². The van der Waals surface area contributed by atoms with Gasteiger partial charge in [0.1, 0.15) is 40.2 Å². The van der Waals surface area contributed by atoms with Gasteiger partial charge >= 0.3 is 5.97 Å². The minimum absolute atomic E-state index is 0.0134. The van der Waals surface area contributed by atoms with Gasteiger partial charge in [0.05, 0.1) is 19.1 Å². The summed E-state index contributed by atoms with van der Waals surface area (Å²) in [4.78, 5) is 12.9. The van der Waals surface area contributed by atoms with Crippen molar-refractivity contribution < 1.29 is 23.7 Å². The van der Waals surface area contributed by atoms with E-state index in [1.54, 1.807) is 42.5 Å². The number of carbonyl (C=O) groups excluding carboxylic acids is 1. The number of esters is 1. The zero-order chi connectivity index (χ0) is 26.2. The monoisotopic (exact) mass is 498 g/mol. The van der Waals surface area contributed by atoms with E-state index in [2.05, 4.69) is 13.0 Å². The van der Waals surface area contributed by atoms with E-state index in [1.165, 1.54) is 0 Å². The van der Waals surface area contributed by atoms with E-state index in [4.69, 9.17) is 24.7 Å². The Morgan fingerprint density at radius 2 is 1.84 bits per heavy atom. The zero-order valence-corrected chi connectivity index (χ0v) is 21.0. The van der Waals surface area contributed by atoms with Gasteiger partial charge in [-0.1, -0.05) is 50.1 Å². The predicted molar refractivity (Wildman–Crippen MR) is 140 cm³/mol.